The first kappa shape index (κ1) is 13.4. The maximum Gasteiger partial charge on any atom is 0.269 e. The summed E-state index contributed by atoms with van der Waals surface area (Å²) in [6.07, 6.45) is 2.94. The second-order valence-corrected chi connectivity index (χ2v) is 7.26. The number of benzene rings is 1. The first-order chi connectivity index (χ1) is 10.6. The highest BCUT2D eigenvalue weighted by Crippen LogP contribution is 2.34. The van der Waals surface area contributed by atoms with Crippen molar-refractivity contribution in [3.8, 4) is 0 Å². The van der Waals surface area contributed by atoms with E-state index in [1.54, 1.807) is 18.2 Å². The zero-order valence-corrected chi connectivity index (χ0v) is 12.9. The number of aryl methyl sites for hydroxylation is 1. The van der Waals surface area contributed by atoms with Gasteiger partial charge in [0.15, 0.2) is 5.82 Å². The number of nitrogens with one attached hydrogen (secondary N) is 1. The minimum Gasteiger partial charge on any atom is -0.463 e. The molecule has 0 saturated heterocycles. The molecule has 3 aromatic rings. The molecule has 114 valence electrons. The van der Waals surface area contributed by atoms with Crippen molar-refractivity contribution in [3.63, 3.8) is 0 Å². The van der Waals surface area contributed by atoms with Crippen molar-refractivity contribution in [2.24, 2.45) is 0 Å². The molecule has 7 heteroatoms. The number of aromatic nitrogens is 2. The Hall–Kier alpha value is -2.28. The molecule has 0 unspecified atom stereocenters. The highest BCUT2D eigenvalue weighted by Gasteiger charge is 2.34. The van der Waals surface area contributed by atoms with Crippen molar-refractivity contribution in [1.29, 1.82) is 0 Å². The fourth-order valence-electron chi connectivity index (χ4n) is 2.96. The maximum absolute atomic E-state index is 13.0. The Morgan fingerprint density at radius 2 is 2.14 bits per heavy atom. The summed E-state index contributed by atoms with van der Waals surface area (Å²) in [4.78, 5) is 0.191. The third-order valence-electron chi connectivity index (χ3n) is 4.09. The van der Waals surface area contributed by atoms with E-state index in [1.165, 1.54) is 10.6 Å². The number of anilines is 1. The smallest absolute Gasteiger partial charge is 0.269 e. The quantitative estimate of drug-likeness (QED) is 0.788. The first-order valence-corrected chi connectivity index (χ1v) is 8.56. The molecule has 0 saturated carbocycles. The van der Waals surface area contributed by atoms with Crippen LogP contribution < -0.4 is 4.31 Å². The fourth-order valence-corrected chi connectivity index (χ4v) is 4.56. The predicted molar refractivity (Wildman–Crippen MR) is 82.4 cm³/mol. The minimum absolute atomic E-state index is 0.191. The molecule has 1 aliphatic heterocycles. The predicted octanol–water partition coefficient (Wildman–Crippen LogP) is 2.61. The van der Waals surface area contributed by atoms with Gasteiger partial charge in [0.25, 0.3) is 10.0 Å². The molecule has 22 heavy (non-hydrogen) atoms. The van der Waals surface area contributed by atoms with Crippen LogP contribution in [0.5, 0.6) is 0 Å². The van der Waals surface area contributed by atoms with Crippen LogP contribution in [0.3, 0.4) is 0 Å². The number of hydrogen-bond donors (Lipinski definition) is 1. The number of nitrogens with zero attached hydrogens (tertiary/aromatic N) is 2. The van der Waals surface area contributed by atoms with Crippen LogP contribution in [-0.2, 0) is 16.4 Å². The zero-order valence-electron chi connectivity index (χ0n) is 12.0. The Balaban J connectivity index is 1.89. The van der Waals surface area contributed by atoms with Crippen LogP contribution in [0, 0.1) is 6.92 Å². The molecule has 2 aromatic heterocycles. The Morgan fingerprint density at radius 3 is 3.00 bits per heavy atom. The van der Waals surface area contributed by atoms with Gasteiger partial charge < -0.3 is 4.42 Å². The second kappa shape index (κ2) is 4.61. The summed E-state index contributed by atoms with van der Waals surface area (Å²) in [6, 6.07) is 7.14. The Morgan fingerprint density at radius 1 is 1.32 bits per heavy atom. The van der Waals surface area contributed by atoms with E-state index in [4.69, 9.17) is 4.42 Å². The molecule has 3 heterocycles. The molecule has 1 aliphatic rings. The van der Waals surface area contributed by atoms with E-state index >= 15 is 0 Å². The molecule has 1 aromatic carbocycles. The third kappa shape index (κ3) is 1.78. The van der Waals surface area contributed by atoms with Gasteiger partial charge in [-0.05, 0) is 31.9 Å². The number of H-pyrrole nitrogens is 1. The Bertz CT molecular complexity index is 955. The molecule has 0 fully saturated rings. The number of hydrogen-bond acceptors (Lipinski definition) is 4. The molecule has 0 aliphatic carbocycles. The Kier molecular flexibility index (Phi) is 2.80. The lowest BCUT2D eigenvalue weighted by Gasteiger charge is -2.26. The average molecular weight is 317 g/mol. The molecule has 0 bridgehead atoms. The van der Waals surface area contributed by atoms with E-state index in [-0.39, 0.29) is 4.90 Å². The van der Waals surface area contributed by atoms with E-state index in [0.717, 1.165) is 24.1 Å². The van der Waals surface area contributed by atoms with Crippen molar-refractivity contribution in [2.45, 2.75) is 24.7 Å². The van der Waals surface area contributed by atoms with Crippen LogP contribution in [0.2, 0.25) is 0 Å². The van der Waals surface area contributed by atoms with Gasteiger partial charge in [-0.1, -0.05) is 12.1 Å². The molecule has 0 spiro atoms. The third-order valence-corrected chi connectivity index (χ3v) is 5.90. The fraction of sp³-hybridized carbons (Fsp3) is 0.267. The first-order valence-electron chi connectivity index (χ1n) is 7.12. The van der Waals surface area contributed by atoms with Gasteiger partial charge in [-0.15, -0.1) is 0 Å². The SMILES string of the molecule is Cc1[nH]nc2c1CCCN2S(=O)(=O)c1coc2ccccc12. The zero-order chi connectivity index (χ0) is 15.3. The van der Waals surface area contributed by atoms with Gasteiger partial charge in [0, 0.05) is 23.2 Å². The van der Waals surface area contributed by atoms with E-state index < -0.39 is 10.0 Å². The van der Waals surface area contributed by atoms with Crippen LogP contribution >= 0.6 is 0 Å². The minimum atomic E-state index is -3.69. The van der Waals surface area contributed by atoms with E-state index in [2.05, 4.69) is 10.2 Å². The van der Waals surface area contributed by atoms with Gasteiger partial charge in [-0.25, -0.2) is 12.7 Å². The van der Waals surface area contributed by atoms with Crippen molar-refractivity contribution in [1.82, 2.24) is 10.2 Å². The van der Waals surface area contributed by atoms with Crippen LogP contribution in [0.1, 0.15) is 17.7 Å². The number of fused-ring (bicyclic) bond motifs is 2. The molecular formula is C15H15N3O3S. The van der Waals surface area contributed by atoms with E-state index in [0.29, 0.717) is 23.3 Å². The molecule has 0 atom stereocenters. The van der Waals surface area contributed by atoms with Gasteiger partial charge >= 0.3 is 0 Å². The summed E-state index contributed by atoms with van der Waals surface area (Å²) in [5, 5.41) is 7.67. The van der Waals surface area contributed by atoms with Crippen LogP contribution in [0.25, 0.3) is 11.0 Å². The van der Waals surface area contributed by atoms with Gasteiger partial charge in [-0.3, -0.25) is 5.10 Å². The van der Waals surface area contributed by atoms with Crippen molar-refractivity contribution in [3.05, 3.63) is 41.8 Å². The molecule has 0 amide bonds. The summed E-state index contributed by atoms with van der Waals surface area (Å²) in [7, 11) is -3.69. The van der Waals surface area contributed by atoms with Gasteiger partial charge in [0.1, 0.15) is 16.7 Å². The van der Waals surface area contributed by atoms with Gasteiger partial charge in [0.05, 0.1) is 0 Å². The number of aromatic amines is 1. The number of rotatable bonds is 2. The highest BCUT2D eigenvalue weighted by atomic mass is 32.2. The lowest BCUT2D eigenvalue weighted by Crippen LogP contribution is -2.35. The summed E-state index contributed by atoms with van der Waals surface area (Å²) in [6.45, 7) is 2.34. The van der Waals surface area contributed by atoms with Crippen molar-refractivity contribution in [2.75, 3.05) is 10.8 Å². The van der Waals surface area contributed by atoms with Gasteiger partial charge in [0.2, 0.25) is 0 Å². The number of sulfonamides is 1. The molecule has 4 rings (SSSR count). The van der Waals surface area contributed by atoms with E-state index in [9.17, 15) is 8.42 Å². The van der Waals surface area contributed by atoms with Gasteiger partial charge in [-0.2, -0.15) is 5.10 Å². The average Bonchev–Trinajstić information content (AvgIpc) is 3.11. The summed E-state index contributed by atoms with van der Waals surface area (Å²) >= 11 is 0. The standard InChI is InChI=1S/C15H15N3O3S/c1-10-11-6-4-8-18(15(11)17-16-10)22(19,20)14-9-21-13-7-3-2-5-12(13)14/h2-3,5,7,9H,4,6,8H2,1H3,(H,16,17). The summed E-state index contributed by atoms with van der Waals surface area (Å²) < 4.78 is 32.9. The topological polar surface area (TPSA) is 79.2 Å². The lowest BCUT2D eigenvalue weighted by atomic mass is 10.1. The molecule has 6 nitrogen and oxygen atoms in total. The largest absolute Gasteiger partial charge is 0.463 e. The monoisotopic (exact) mass is 317 g/mol. The Labute approximate surface area is 127 Å². The van der Waals surface area contributed by atoms with Crippen LogP contribution in [0.15, 0.2) is 39.8 Å². The molecule has 0 radical (unpaired) electrons. The normalized spacial score (nSPS) is 15.2. The maximum atomic E-state index is 13.0. The van der Waals surface area contributed by atoms with Crippen LogP contribution in [-0.4, -0.2) is 25.2 Å². The van der Waals surface area contributed by atoms with Crippen molar-refractivity contribution >= 4 is 26.8 Å². The molecule has 1 N–H and O–H groups in total. The van der Waals surface area contributed by atoms with Crippen LogP contribution in [0.4, 0.5) is 5.82 Å². The highest BCUT2D eigenvalue weighted by molar-refractivity contribution is 7.93. The number of furan rings is 1. The van der Waals surface area contributed by atoms with E-state index in [1.807, 2.05) is 13.0 Å². The summed E-state index contributed by atoms with van der Waals surface area (Å²) in [5.41, 5.74) is 2.46. The lowest BCUT2D eigenvalue weighted by molar-refractivity contribution is 0.576. The second-order valence-electron chi connectivity index (χ2n) is 5.43. The molecular weight excluding hydrogens is 302 g/mol. The van der Waals surface area contributed by atoms with Crippen molar-refractivity contribution < 1.29 is 12.8 Å². The number of para-hydroxylation sites is 1. The summed E-state index contributed by atoms with van der Waals surface area (Å²) in [5.74, 6) is 0.508.